The second-order valence-electron chi connectivity index (χ2n) is 8.47. The van der Waals surface area contributed by atoms with Gasteiger partial charge in [0, 0.05) is 22.6 Å². The molecule has 1 atom stereocenters. The van der Waals surface area contributed by atoms with Gasteiger partial charge in [-0.05, 0) is 53.0 Å². The molecule has 2 nitrogen and oxygen atoms in total. The number of nitrogens with zero attached hydrogens (tertiary/aromatic N) is 1. The van der Waals surface area contributed by atoms with Crippen molar-refractivity contribution in [1.82, 2.24) is 0 Å². The van der Waals surface area contributed by atoms with Crippen LogP contribution in [0.3, 0.4) is 0 Å². The number of thioether (sulfide) groups is 2. The van der Waals surface area contributed by atoms with E-state index in [9.17, 15) is 4.79 Å². The Balaban J connectivity index is 1.58. The van der Waals surface area contributed by atoms with Crippen LogP contribution in [0.4, 0.5) is 5.69 Å². The molecule has 35 heavy (non-hydrogen) atoms. The van der Waals surface area contributed by atoms with Crippen LogP contribution in [0.25, 0.3) is 11.1 Å². The van der Waals surface area contributed by atoms with Gasteiger partial charge < -0.3 is 4.90 Å². The fourth-order valence-electron chi connectivity index (χ4n) is 4.40. The summed E-state index contributed by atoms with van der Waals surface area (Å²) in [6.45, 7) is 0. The number of anilines is 1. The molecular weight excluding hydrogens is 466 g/mol. The molecule has 4 aromatic rings. The summed E-state index contributed by atoms with van der Waals surface area (Å²) >= 11 is 3.53. The average Bonchev–Trinajstić information content (AvgIpc) is 2.92. The van der Waals surface area contributed by atoms with Gasteiger partial charge in [0.15, 0.2) is 0 Å². The van der Waals surface area contributed by atoms with Gasteiger partial charge in [-0.15, -0.1) is 23.5 Å². The van der Waals surface area contributed by atoms with Crippen LogP contribution in [0.2, 0.25) is 0 Å². The van der Waals surface area contributed by atoms with Crippen molar-refractivity contribution in [2.75, 3.05) is 17.7 Å². The molecule has 4 aromatic carbocycles. The molecule has 1 heterocycles. The van der Waals surface area contributed by atoms with Crippen molar-refractivity contribution in [2.24, 2.45) is 0 Å². The van der Waals surface area contributed by atoms with Gasteiger partial charge in [-0.1, -0.05) is 91.0 Å². The molecule has 0 saturated carbocycles. The number of benzene rings is 4. The van der Waals surface area contributed by atoms with Crippen LogP contribution in [0, 0.1) is 0 Å². The average molecular weight is 494 g/mol. The number of carbonyl (C=O) groups is 1. The van der Waals surface area contributed by atoms with Crippen LogP contribution in [0.5, 0.6) is 0 Å². The molecule has 1 aliphatic heterocycles. The Labute approximate surface area is 216 Å². The van der Waals surface area contributed by atoms with Gasteiger partial charge in [-0.3, -0.25) is 4.79 Å². The summed E-state index contributed by atoms with van der Waals surface area (Å²) in [5, 5.41) is -0.175. The summed E-state index contributed by atoms with van der Waals surface area (Å²) in [5.74, 6) is 0.987. The van der Waals surface area contributed by atoms with E-state index in [4.69, 9.17) is 0 Å². The Hall–Kier alpha value is -3.21. The fraction of sp³-hybridized carbons (Fsp3) is 0.129. The first-order valence-electron chi connectivity index (χ1n) is 11.7. The molecule has 1 aliphatic rings. The third-order valence-electron chi connectivity index (χ3n) is 6.23. The highest BCUT2D eigenvalue weighted by Gasteiger charge is 2.32. The SMILES string of the molecule is CN1C(=O)C(C/C(=C(/CSc2ccccc2)c2ccccc2)c2ccccc2)Sc2ccccc21. The molecule has 5 rings (SSSR count). The van der Waals surface area contributed by atoms with Gasteiger partial charge in [0.1, 0.15) is 0 Å². The van der Waals surface area contributed by atoms with Gasteiger partial charge in [-0.2, -0.15) is 0 Å². The Morgan fingerprint density at radius 2 is 1.29 bits per heavy atom. The molecule has 1 amide bonds. The maximum Gasteiger partial charge on any atom is 0.240 e. The maximum absolute atomic E-state index is 13.5. The molecule has 0 aliphatic carbocycles. The Kier molecular flexibility index (Phi) is 7.41. The Morgan fingerprint density at radius 3 is 1.94 bits per heavy atom. The first kappa shape index (κ1) is 23.5. The minimum Gasteiger partial charge on any atom is -0.313 e. The van der Waals surface area contributed by atoms with Gasteiger partial charge in [0.05, 0.1) is 10.9 Å². The van der Waals surface area contributed by atoms with E-state index in [1.165, 1.54) is 27.2 Å². The van der Waals surface area contributed by atoms with E-state index in [1.807, 2.05) is 54.0 Å². The van der Waals surface area contributed by atoms with Crippen LogP contribution in [-0.4, -0.2) is 24.0 Å². The van der Waals surface area contributed by atoms with Crippen LogP contribution < -0.4 is 4.90 Å². The summed E-state index contributed by atoms with van der Waals surface area (Å²) < 4.78 is 0. The molecule has 0 radical (unpaired) electrons. The van der Waals surface area contributed by atoms with Gasteiger partial charge in [-0.25, -0.2) is 0 Å². The molecule has 0 N–H and O–H groups in total. The van der Waals surface area contributed by atoms with Crippen molar-refractivity contribution >= 4 is 46.3 Å². The summed E-state index contributed by atoms with van der Waals surface area (Å²) in [5.41, 5.74) is 5.89. The van der Waals surface area contributed by atoms with Crippen LogP contribution in [0.1, 0.15) is 17.5 Å². The number of carbonyl (C=O) groups excluding carboxylic acids is 1. The van der Waals surface area contributed by atoms with Gasteiger partial charge in [0.2, 0.25) is 5.91 Å². The topological polar surface area (TPSA) is 20.3 Å². The zero-order chi connectivity index (χ0) is 24.0. The first-order chi connectivity index (χ1) is 17.2. The molecule has 0 bridgehead atoms. The van der Waals surface area contributed by atoms with Crippen molar-refractivity contribution in [1.29, 1.82) is 0 Å². The predicted molar refractivity (Wildman–Crippen MR) is 151 cm³/mol. The van der Waals surface area contributed by atoms with Crippen molar-refractivity contribution in [2.45, 2.75) is 21.5 Å². The van der Waals surface area contributed by atoms with E-state index in [-0.39, 0.29) is 11.2 Å². The number of amides is 1. The zero-order valence-corrected chi connectivity index (χ0v) is 21.3. The minimum absolute atomic E-state index is 0.158. The lowest BCUT2D eigenvalue weighted by Gasteiger charge is -2.32. The molecule has 0 saturated heterocycles. The monoisotopic (exact) mass is 493 g/mol. The zero-order valence-electron chi connectivity index (χ0n) is 19.6. The van der Waals surface area contributed by atoms with E-state index in [1.54, 1.807) is 11.8 Å². The van der Waals surface area contributed by atoms with E-state index in [0.29, 0.717) is 6.42 Å². The van der Waals surface area contributed by atoms with Crippen molar-refractivity contribution < 1.29 is 4.79 Å². The second kappa shape index (κ2) is 11.0. The second-order valence-corrected chi connectivity index (χ2v) is 10.8. The van der Waals surface area contributed by atoms with E-state index in [2.05, 4.69) is 84.9 Å². The number of para-hydroxylation sites is 1. The number of hydrogen-bond acceptors (Lipinski definition) is 3. The van der Waals surface area contributed by atoms with E-state index < -0.39 is 0 Å². The smallest absolute Gasteiger partial charge is 0.240 e. The lowest BCUT2D eigenvalue weighted by Crippen LogP contribution is -2.38. The van der Waals surface area contributed by atoms with Crippen LogP contribution >= 0.6 is 23.5 Å². The molecule has 0 aromatic heterocycles. The van der Waals surface area contributed by atoms with Gasteiger partial charge >= 0.3 is 0 Å². The van der Waals surface area contributed by atoms with Crippen LogP contribution in [0.15, 0.2) is 125 Å². The van der Waals surface area contributed by atoms with E-state index in [0.717, 1.165) is 16.3 Å². The number of fused-ring (bicyclic) bond motifs is 1. The number of hydrogen-bond donors (Lipinski definition) is 0. The molecule has 174 valence electrons. The van der Waals surface area contributed by atoms with Crippen molar-refractivity contribution in [3.63, 3.8) is 0 Å². The lowest BCUT2D eigenvalue weighted by molar-refractivity contribution is -0.117. The molecule has 1 unspecified atom stereocenters. The highest BCUT2D eigenvalue weighted by molar-refractivity contribution is 8.01. The largest absolute Gasteiger partial charge is 0.313 e. The highest BCUT2D eigenvalue weighted by Crippen LogP contribution is 2.43. The summed E-state index contributed by atoms with van der Waals surface area (Å²) in [6.07, 6.45) is 0.672. The first-order valence-corrected chi connectivity index (χ1v) is 13.6. The number of allylic oxidation sites excluding steroid dienone is 1. The summed E-state index contributed by atoms with van der Waals surface area (Å²) in [6, 6.07) is 39.9. The van der Waals surface area contributed by atoms with E-state index >= 15 is 0 Å². The standard InChI is InChI=1S/C31H27NOS2/c1-32-28-19-11-12-20-29(28)35-30(31(32)33)21-26(23-13-5-2-6-14-23)27(24-15-7-3-8-16-24)22-34-25-17-9-4-10-18-25/h2-20,30H,21-22H2,1H3/b27-26+. The fourth-order valence-corrected chi connectivity index (χ4v) is 6.70. The Morgan fingerprint density at radius 1 is 0.743 bits per heavy atom. The quantitative estimate of drug-likeness (QED) is 0.193. The lowest BCUT2D eigenvalue weighted by atomic mass is 9.92. The van der Waals surface area contributed by atoms with Crippen LogP contribution in [-0.2, 0) is 4.79 Å². The van der Waals surface area contributed by atoms with Gasteiger partial charge in [0.25, 0.3) is 0 Å². The third-order valence-corrected chi connectivity index (χ3v) is 8.52. The normalized spacial score (nSPS) is 16.0. The summed E-state index contributed by atoms with van der Waals surface area (Å²) in [7, 11) is 1.89. The van der Waals surface area contributed by atoms with Crippen molar-refractivity contribution in [3.05, 3.63) is 126 Å². The Bertz CT molecular complexity index is 1320. The minimum atomic E-state index is -0.175. The molecular formula is C31H27NOS2. The third kappa shape index (κ3) is 5.39. The highest BCUT2D eigenvalue weighted by atomic mass is 32.2. The molecule has 0 fully saturated rings. The molecule has 4 heteroatoms. The summed E-state index contributed by atoms with van der Waals surface area (Å²) in [4.78, 5) is 17.7. The maximum atomic E-state index is 13.5. The van der Waals surface area contributed by atoms with Crippen molar-refractivity contribution in [3.8, 4) is 0 Å². The number of rotatable bonds is 7. The predicted octanol–water partition coefficient (Wildman–Crippen LogP) is 7.92. The molecule has 0 spiro atoms.